The van der Waals surface area contributed by atoms with Gasteiger partial charge in [0.25, 0.3) is 0 Å². The molecule has 1 aliphatic heterocycles. The van der Waals surface area contributed by atoms with Crippen LogP contribution in [0.5, 0.6) is 0 Å². The monoisotopic (exact) mass is 231 g/mol. The quantitative estimate of drug-likeness (QED) is 0.743. The Labute approximate surface area is 101 Å². The first-order chi connectivity index (χ1) is 8.31. The lowest BCUT2D eigenvalue weighted by Gasteiger charge is -2.16. The van der Waals surface area contributed by atoms with E-state index in [4.69, 9.17) is 0 Å². The van der Waals surface area contributed by atoms with E-state index in [2.05, 4.69) is 12.1 Å². The van der Waals surface area contributed by atoms with Crippen LogP contribution in [0.1, 0.15) is 30.7 Å². The third kappa shape index (κ3) is 2.93. The van der Waals surface area contributed by atoms with Crippen molar-refractivity contribution in [2.24, 2.45) is 0 Å². The summed E-state index contributed by atoms with van der Waals surface area (Å²) in [6, 6.07) is 10.3. The van der Waals surface area contributed by atoms with E-state index in [9.17, 15) is 9.59 Å². The third-order valence-electron chi connectivity index (χ3n) is 3.29. The minimum Gasteiger partial charge on any atom is -0.342 e. The molecule has 1 heterocycles. The van der Waals surface area contributed by atoms with Crippen LogP contribution in [0.15, 0.2) is 30.3 Å². The Balaban J connectivity index is 1.91. The van der Waals surface area contributed by atoms with Crippen molar-refractivity contribution in [1.82, 2.24) is 4.90 Å². The van der Waals surface area contributed by atoms with Gasteiger partial charge in [0.05, 0.1) is 0 Å². The molecular weight excluding hydrogens is 214 g/mol. The normalized spacial score (nSPS) is 19.3. The van der Waals surface area contributed by atoms with Crippen LogP contribution in [0, 0.1) is 0 Å². The first-order valence-corrected chi connectivity index (χ1v) is 6.07. The molecule has 1 aromatic rings. The molecule has 90 valence electrons. The summed E-state index contributed by atoms with van der Waals surface area (Å²) in [5.74, 6) is 0.562. The minimum atomic E-state index is 0.107. The fourth-order valence-electron chi connectivity index (χ4n) is 2.32. The number of rotatable bonds is 4. The molecule has 1 atom stereocenters. The molecule has 0 bridgehead atoms. The number of likely N-dealkylation sites (tertiary alicyclic amines) is 1. The van der Waals surface area contributed by atoms with Gasteiger partial charge < -0.3 is 9.69 Å². The number of hydrogen-bond donors (Lipinski definition) is 0. The van der Waals surface area contributed by atoms with Gasteiger partial charge in [-0.25, -0.2) is 0 Å². The van der Waals surface area contributed by atoms with Gasteiger partial charge in [-0.1, -0.05) is 30.3 Å². The Morgan fingerprint density at radius 3 is 2.82 bits per heavy atom. The highest BCUT2D eigenvalue weighted by Crippen LogP contribution is 2.27. The lowest BCUT2D eigenvalue weighted by atomic mass is 9.99. The van der Waals surface area contributed by atoms with Crippen molar-refractivity contribution in [2.45, 2.75) is 25.2 Å². The SMILES string of the molecule is O=CCCC(=O)N1CCC(c2ccccc2)C1. The molecule has 0 spiro atoms. The van der Waals surface area contributed by atoms with E-state index in [1.165, 1.54) is 5.56 Å². The van der Waals surface area contributed by atoms with Crippen LogP contribution in [-0.4, -0.2) is 30.2 Å². The van der Waals surface area contributed by atoms with Crippen LogP contribution in [0.2, 0.25) is 0 Å². The van der Waals surface area contributed by atoms with Crippen LogP contribution in [0.3, 0.4) is 0 Å². The van der Waals surface area contributed by atoms with Gasteiger partial charge in [-0.2, -0.15) is 0 Å². The summed E-state index contributed by atoms with van der Waals surface area (Å²) in [5, 5.41) is 0. The Morgan fingerprint density at radius 2 is 2.12 bits per heavy atom. The Kier molecular flexibility index (Phi) is 3.91. The molecule has 2 rings (SSSR count). The zero-order valence-corrected chi connectivity index (χ0v) is 9.84. The van der Waals surface area contributed by atoms with Crippen LogP contribution in [0.25, 0.3) is 0 Å². The number of carbonyl (C=O) groups excluding carboxylic acids is 2. The van der Waals surface area contributed by atoms with Gasteiger partial charge in [-0.15, -0.1) is 0 Å². The second kappa shape index (κ2) is 5.62. The summed E-state index contributed by atoms with van der Waals surface area (Å²) < 4.78 is 0. The molecule has 1 aromatic carbocycles. The van der Waals surface area contributed by atoms with Crippen molar-refractivity contribution in [1.29, 1.82) is 0 Å². The largest absolute Gasteiger partial charge is 0.342 e. The zero-order chi connectivity index (χ0) is 12.1. The summed E-state index contributed by atoms with van der Waals surface area (Å²) in [6.07, 6.45) is 2.52. The van der Waals surface area contributed by atoms with Crippen molar-refractivity contribution in [2.75, 3.05) is 13.1 Å². The summed E-state index contributed by atoms with van der Waals surface area (Å²) in [6.45, 7) is 1.61. The molecule has 1 saturated heterocycles. The number of aldehydes is 1. The lowest BCUT2D eigenvalue weighted by molar-refractivity contribution is -0.131. The highest BCUT2D eigenvalue weighted by atomic mass is 16.2. The maximum Gasteiger partial charge on any atom is 0.223 e. The summed E-state index contributed by atoms with van der Waals surface area (Å²) in [4.78, 5) is 23.9. The molecule has 3 heteroatoms. The molecule has 1 fully saturated rings. The van der Waals surface area contributed by atoms with Crippen molar-refractivity contribution >= 4 is 12.2 Å². The molecule has 0 aromatic heterocycles. The van der Waals surface area contributed by atoms with Crippen LogP contribution in [0.4, 0.5) is 0 Å². The second-order valence-corrected chi connectivity index (χ2v) is 4.44. The first kappa shape index (κ1) is 11.8. The number of benzene rings is 1. The highest BCUT2D eigenvalue weighted by molar-refractivity contribution is 5.78. The van der Waals surface area contributed by atoms with E-state index in [1.54, 1.807) is 0 Å². The van der Waals surface area contributed by atoms with Crippen LogP contribution in [-0.2, 0) is 9.59 Å². The lowest BCUT2D eigenvalue weighted by Crippen LogP contribution is -2.28. The first-order valence-electron chi connectivity index (χ1n) is 6.07. The maximum absolute atomic E-state index is 11.7. The van der Waals surface area contributed by atoms with Gasteiger partial charge in [-0.05, 0) is 12.0 Å². The Morgan fingerprint density at radius 1 is 1.35 bits per heavy atom. The molecule has 0 radical (unpaired) electrons. The predicted molar refractivity (Wildman–Crippen MR) is 65.7 cm³/mol. The van der Waals surface area contributed by atoms with Gasteiger partial charge in [0.1, 0.15) is 6.29 Å². The van der Waals surface area contributed by atoms with Gasteiger partial charge in [0.15, 0.2) is 0 Å². The van der Waals surface area contributed by atoms with Crippen LogP contribution < -0.4 is 0 Å². The minimum absolute atomic E-state index is 0.107. The average Bonchev–Trinajstić information content (AvgIpc) is 2.86. The molecule has 0 saturated carbocycles. The average molecular weight is 231 g/mol. The van der Waals surface area contributed by atoms with E-state index in [1.807, 2.05) is 23.1 Å². The van der Waals surface area contributed by atoms with E-state index < -0.39 is 0 Å². The third-order valence-corrected chi connectivity index (χ3v) is 3.29. The van der Waals surface area contributed by atoms with Crippen molar-refractivity contribution in [3.8, 4) is 0 Å². The second-order valence-electron chi connectivity index (χ2n) is 4.44. The Bertz CT molecular complexity index is 388. The topological polar surface area (TPSA) is 37.4 Å². The fourth-order valence-corrected chi connectivity index (χ4v) is 2.32. The molecule has 1 amide bonds. The number of hydrogen-bond acceptors (Lipinski definition) is 2. The Hall–Kier alpha value is -1.64. The molecule has 3 nitrogen and oxygen atoms in total. The number of nitrogens with zero attached hydrogens (tertiary/aromatic N) is 1. The molecule has 1 aliphatic rings. The molecule has 1 unspecified atom stereocenters. The molecule has 0 aliphatic carbocycles. The molecule has 0 N–H and O–H groups in total. The summed E-state index contributed by atoms with van der Waals surface area (Å²) >= 11 is 0. The standard InChI is InChI=1S/C14H17NO2/c16-10-4-7-14(17)15-9-8-13(11-15)12-5-2-1-3-6-12/h1-3,5-6,10,13H,4,7-9,11H2. The smallest absolute Gasteiger partial charge is 0.223 e. The van der Waals surface area contributed by atoms with Gasteiger partial charge in [-0.3, -0.25) is 4.79 Å². The van der Waals surface area contributed by atoms with E-state index in [0.29, 0.717) is 18.8 Å². The van der Waals surface area contributed by atoms with E-state index >= 15 is 0 Å². The van der Waals surface area contributed by atoms with Gasteiger partial charge in [0, 0.05) is 31.8 Å². The van der Waals surface area contributed by atoms with Gasteiger partial charge >= 0.3 is 0 Å². The predicted octanol–water partition coefficient (Wildman–Crippen LogP) is 1.98. The summed E-state index contributed by atoms with van der Waals surface area (Å²) in [5.41, 5.74) is 1.30. The summed E-state index contributed by atoms with van der Waals surface area (Å²) in [7, 11) is 0. The van der Waals surface area contributed by atoms with E-state index in [-0.39, 0.29) is 5.91 Å². The maximum atomic E-state index is 11.7. The van der Waals surface area contributed by atoms with Crippen molar-refractivity contribution in [3.05, 3.63) is 35.9 Å². The fraction of sp³-hybridized carbons (Fsp3) is 0.429. The van der Waals surface area contributed by atoms with Gasteiger partial charge in [0.2, 0.25) is 5.91 Å². The molecular formula is C14H17NO2. The highest BCUT2D eigenvalue weighted by Gasteiger charge is 2.26. The van der Waals surface area contributed by atoms with E-state index in [0.717, 1.165) is 25.8 Å². The van der Waals surface area contributed by atoms with Crippen molar-refractivity contribution < 1.29 is 9.59 Å². The number of amides is 1. The number of carbonyl (C=O) groups is 2. The van der Waals surface area contributed by atoms with Crippen molar-refractivity contribution in [3.63, 3.8) is 0 Å². The molecule has 17 heavy (non-hydrogen) atoms. The van der Waals surface area contributed by atoms with Crippen LogP contribution >= 0.6 is 0 Å². The zero-order valence-electron chi connectivity index (χ0n) is 9.84.